The molecule has 128 valence electrons. The molecule has 2 rings (SSSR count). The van der Waals surface area contributed by atoms with Crippen LogP contribution in [0.4, 0.5) is 10.1 Å². The first-order chi connectivity index (χ1) is 11.2. The highest BCUT2D eigenvalue weighted by Gasteiger charge is 2.04. The second kappa shape index (κ2) is 10.6. The Kier molecular flexibility index (Phi) is 8.77. The molecule has 0 aliphatic carbocycles. The Balaban J connectivity index is 0.00000288. The molecule has 7 heteroatoms. The molecule has 24 heavy (non-hydrogen) atoms. The van der Waals surface area contributed by atoms with Crippen LogP contribution in [0.5, 0.6) is 0 Å². The minimum Gasteiger partial charge on any atom is -0.352 e. The number of nitrogens with zero attached hydrogens (tertiary/aromatic N) is 1. The average Bonchev–Trinajstić information content (AvgIpc) is 2.56. The van der Waals surface area contributed by atoms with Crippen LogP contribution in [0.1, 0.15) is 5.56 Å². The smallest absolute Gasteiger partial charge is 0.243 e. The number of amides is 1. The van der Waals surface area contributed by atoms with Crippen molar-refractivity contribution in [2.45, 2.75) is 6.54 Å². The number of guanidine groups is 1. The molecule has 0 aromatic heterocycles. The van der Waals surface area contributed by atoms with Gasteiger partial charge in [-0.1, -0.05) is 30.3 Å². The topological polar surface area (TPSA) is 65.5 Å². The van der Waals surface area contributed by atoms with Gasteiger partial charge < -0.3 is 16.0 Å². The van der Waals surface area contributed by atoms with Crippen LogP contribution in [0, 0.1) is 5.82 Å². The normalized spacial score (nSPS) is 10.5. The first-order valence-electron chi connectivity index (χ1n) is 7.21. The summed E-state index contributed by atoms with van der Waals surface area (Å²) in [6, 6.07) is 15.5. The second-order valence-corrected chi connectivity index (χ2v) is 4.82. The summed E-state index contributed by atoms with van der Waals surface area (Å²) in [7, 11) is 1.61. The van der Waals surface area contributed by atoms with Crippen LogP contribution in [0.2, 0.25) is 0 Å². The summed E-state index contributed by atoms with van der Waals surface area (Å²) < 4.78 is 13.1. The van der Waals surface area contributed by atoms with Crippen molar-refractivity contribution < 1.29 is 9.18 Å². The third-order valence-electron chi connectivity index (χ3n) is 3.05. The highest BCUT2D eigenvalue weighted by Crippen LogP contribution is 2.04. The molecule has 2 aromatic carbocycles. The van der Waals surface area contributed by atoms with Crippen molar-refractivity contribution >= 4 is 41.5 Å². The van der Waals surface area contributed by atoms with Gasteiger partial charge >= 0.3 is 0 Å². The minimum atomic E-state index is -0.283. The number of nitrogens with one attached hydrogen (secondary N) is 3. The second-order valence-electron chi connectivity index (χ2n) is 4.82. The molecule has 0 heterocycles. The number of anilines is 1. The van der Waals surface area contributed by atoms with E-state index in [4.69, 9.17) is 0 Å². The lowest BCUT2D eigenvalue weighted by molar-refractivity contribution is -0.115. The van der Waals surface area contributed by atoms with Crippen molar-refractivity contribution in [3.05, 3.63) is 66.0 Å². The van der Waals surface area contributed by atoms with Gasteiger partial charge in [-0.2, -0.15) is 0 Å². The van der Waals surface area contributed by atoms with Crippen LogP contribution in [-0.4, -0.2) is 25.5 Å². The maximum Gasteiger partial charge on any atom is 0.243 e. The molecule has 0 radical (unpaired) electrons. The molecular formula is C17H20FIN4O. The maximum absolute atomic E-state index is 13.1. The average molecular weight is 442 g/mol. The van der Waals surface area contributed by atoms with Crippen molar-refractivity contribution in [2.75, 3.05) is 18.9 Å². The van der Waals surface area contributed by atoms with E-state index >= 15 is 0 Å². The van der Waals surface area contributed by atoms with E-state index in [-0.39, 0.29) is 42.2 Å². The first-order valence-corrected chi connectivity index (χ1v) is 7.21. The molecule has 0 atom stereocenters. The maximum atomic E-state index is 13.1. The lowest BCUT2D eigenvalue weighted by Gasteiger charge is -2.12. The lowest BCUT2D eigenvalue weighted by atomic mass is 10.2. The zero-order valence-corrected chi connectivity index (χ0v) is 15.6. The van der Waals surface area contributed by atoms with Crippen LogP contribution in [0.25, 0.3) is 0 Å². The number of benzene rings is 2. The quantitative estimate of drug-likeness (QED) is 0.379. The fraction of sp³-hybridized carbons (Fsp3) is 0.176. The van der Waals surface area contributed by atoms with Crippen molar-refractivity contribution in [1.29, 1.82) is 0 Å². The van der Waals surface area contributed by atoms with E-state index < -0.39 is 0 Å². The number of hydrogen-bond acceptors (Lipinski definition) is 2. The molecule has 0 bridgehead atoms. The number of carbonyl (C=O) groups is 1. The van der Waals surface area contributed by atoms with Gasteiger partial charge in [0.15, 0.2) is 5.96 Å². The Bertz CT molecular complexity index is 679. The zero-order valence-electron chi connectivity index (χ0n) is 13.3. The number of para-hydroxylation sites is 1. The van der Waals surface area contributed by atoms with Crippen molar-refractivity contribution in [2.24, 2.45) is 4.99 Å². The fourth-order valence-corrected chi connectivity index (χ4v) is 1.94. The summed E-state index contributed by atoms with van der Waals surface area (Å²) >= 11 is 0. The molecule has 0 unspecified atom stereocenters. The van der Waals surface area contributed by atoms with Gasteiger partial charge in [-0.15, -0.1) is 24.0 Å². The van der Waals surface area contributed by atoms with Gasteiger partial charge in [-0.25, -0.2) is 4.39 Å². The van der Waals surface area contributed by atoms with Crippen molar-refractivity contribution in [3.63, 3.8) is 0 Å². The summed E-state index contributed by atoms with van der Waals surface area (Å²) in [4.78, 5) is 15.9. The molecule has 0 aliphatic rings. The molecule has 0 saturated carbocycles. The lowest BCUT2D eigenvalue weighted by Crippen LogP contribution is -2.41. The molecule has 0 aliphatic heterocycles. The van der Waals surface area contributed by atoms with E-state index in [1.54, 1.807) is 13.1 Å². The predicted octanol–water partition coefficient (Wildman–Crippen LogP) is 2.75. The molecule has 2 aromatic rings. The summed E-state index contributed by atoms with van der Waals surface area (Å²) in [6.45, 7) is 0.495. The Morgan fingerprint density at radius 2 is 1.83 bits per heavy atom. The Labute approximate surface area is 157 Å². The zero-order chi connectivity index (χ0) is 16.5. The number of halogens is 2. The summed E-state index contributed by atoms with van der Waals surface area (Å²) in [5.41, 5.74) is 1.53. The minimum absolute atomic E-state index is 0. The molecular weight excluding hydrogens is 422 g/mol. The predicted molar refractivity (Wildman–Crippen MR) is 105 cm³/mol. The van der Waals surface area contributed by atoms with Crippen molar-refractivity contribution in [1.82, 2.24) is 10.6 Å². The molecule has 3 N–H and O–H groups in total. The Hall–Kier alpha value is -2.16. The summed E-state index contributed by atoms with van der Waals surface area (Å²) in [5, 5.41) is 8.70. The van der Waals surface area contributed by atoms with Crippen LogP contribution in [0.3, 0.4) is 0 Å². The number of hydrogen-bond donors (Lipinski definition) is 3. The molecule has 5 nitrogen and oxygen atoms in total. The van der Waals surface area contributed by atoms with Crippen LogP contribution < -0.4 is 16.0 Å². The van der Waals surface area contributed by atoms with Crippen molar-refractivity contribution in [3.8, 4) is 0 Å². The van der Waals surface area contributed by atoms with Crippen LogP contribution in [-0.2, 0) is 11.3 Å². The van der Waals surface area contributed by atoms with Crippen LogP contribution in [0.15, 0.2) is 59.6 Å². The van der Waals surface area contributed by atoms with E-state index in [2.05, 4.69) is 20.9 Å². The number of rotatable bonds is 5. The number of carbonyl (C=O) groups excluding carboxylic acids is 1. The van der Waals surface area contributed by atoms with Gasteiger partial charge in [0.2, 0.25) is 5.91 Å². The summed E-state index contributed by atoms with van der Waals surface area (Å²) in [5.74, 6) is 0.0110. The first kappa shape index (κ1) is 19.9. The SMILES string of the molecule is CN=C(NCC(=O)Nc1ccccc1)NCc1cccc(F)c1.I. The van der Waals surface area contributed by atoms with E-state index in [1.165, 1.54) is 12.1 Å². The van der Waals surface area contributed by atoms with Gasteiger partial charge in [0, 0.05) is 19.3 Å². The highest BCUT2D eigenvalue weighted by atomic mass is 127. The number of aliphatic imine (C=N–C) groups is 1. The fourth-order valence-electron chi connectivity index (χ4n) is 1.94. The van der Waals surface area contributed by atoms with Gasteiger partial charge in [0.05, 0.1) is 6.54 Å². The monoisotopic (exact) mass is 442 g/mol. The molecule has 0 spiro atoms. The van der Waals surface area contributed by atoms with Gasteiger partial charge in [-0.3, -0.25) is 9.79 Å². The largest absolute Gasteiger partial charge is 0.352 e. The molecule has 0 fully saturated rings. The molecule has 1 amide bonds. The van der Waals surface area contributed by atoms with E-state index in [0.717, 1.165) is 11.3 Å². The Morgan fingerprint density at radius 3 is 2.50 bits per heavy atom. The summed E-state index contributed by atoms with van der Waals surface area (Å²) in [6.07, 6.45) is 0. The standard InChI is InChI=1S/C17H19FN4O.HI/c1-19-17(20-11-13-6-5-7-14(18)10-13)21-12-16(23)22-15-8-3-2-4-9-15;/h2-10H,11-12H2,1H3,(H,22,23)(H2,19,20,21);1H. The molecule has 0 saturated heterocycles. The Morgan fingerprint density at radius 1 is 1.08 bits per heavy atom. The highest BCUT2D eigenvalue weighted by molar-refractivity contribution is 14.0. The van der Waals surface area contributed by atoms with E-state index in [1.807, 2.05) is 36.4 Å². The van der Waals surface area contributed by atoms with Crippen LogP contribution >= 0.6 is 24.0 Å². The van der Waals surface area contributed by atoms with E-state index in [9.17, 15) is 9.18 Å². The van der Waals surface area contributed by atoms with Gasteiger partial charge in [0.1, 0.15) is 5.82 Å². The van der Waals surface area contributed by atoms with Gasteiger partial charge in [0.25, 0.3) is 0 Å². The third kappa shape index (κ3) is 6.95. The van der Waals surface area contributed by atoms with E-state index in [0.29, 0.717) is 12.5 Å². The van der Waals surface area contributed by atoms with Gasteiger partial charge in [-0.05, 0) is 29.8 Å². The third-order valence-corrected chi connectivity index (χ3v) is 3.05.